The number of esters is 1. The zero-order valence-corrected chi connectivity index (χ0v) is 13.0. The fourth-order valence-electron chi connectivity index (χ4n) is 1.38. The van der Waals surface area contributed by atoms with Gasteiger partial charge in [-0.2, -0.15) is 0 Å². The molecule has 106 valence electrons. The van der Waals surface area contributed by atoms with Gasteiger partial charge in [0.05, 0.1) is 12.8 Å². The van der Waals surface area contributed by atoms with Crippen LogP contribution in [0, 0.1) is 0 Å². The number of nitrogens with zero attached hydrogens (tertiary/aromatic N) is 2. The summed E-state index contributed by atoms with van der Waals surface area (Å²) in [5.41, 5.74) is 0.381. The van der Waals surface area contributed by atoms with E-state index in [0.29, 0.717) is 5.16 Å². The van der Waals surface area contributed by atoms with Crippen LogP contribution in [-0.4, -0.2) is 27.9 Å². The van der Waals surface area contributed by atoms with Gasteiger partial charge in [0.2, 0.25) is 0 Å². The van der Waals surface area contributed by atoms with Crippen LogP contribution in [0.25, 0.3) is 0 Å². The van der Waals surface area contributed by atoms with Crippen molar-refractivity contribution < 1.29 is 9.53 Å². The smallest absolute Gasteiger partial charge is 0.318 e. The van der Waals surface area contributed by atoms with Crippen molar-refractivity contribution in [2.24, 2.45) is 7.05 Å². The largest absolute Gasteiger partial charge is 0.468 e. The number of aromatic nitrogens is 2. The molecule has 0 unspecified atom stereocenters. The maximum absolute atomic E-state index is 11.9. The van der Waals surface area contributed by atoms with Crippen LogP contribution in [-0.2, 0) is 22.0 Å². The summed E-state index contributed by atoms with van der Waals surface area (Å²) in [6.07, 6.45) is 0. The molecule has 0 amide bonds. The number of thioether (sulfide) groups is 1. The third kappa shape index (κ3) is 3.83. The van der Waals surface area contributed by atoms with Crippen molar-refractivity contribution in [1.29, 1.82) is 0 Å². The van der Waals surface area contributed by atoms with Gasteiger partial charge in [-0.25, -0.2) is 4.98 Å². The van der Waals surface area contributed by atoms with Gasteiger partial charge in [-0.15, -0.1) is 0 Å². The van der Waals surface area contributed by atoms with E-state index in [9.17, 15) is 9.59 Å². The zero-order valence-electron chi connectivity index (χ0n) is 12.2. The highest BCUT2D eigenvalue weighted by Crippen LogP contribution is 2.24. The highest BCUT2D eigenvalue weighted by Gasteiger charge is 2.21. The van der Waals surface area contributed by atoms with E-state index >= 15 is 0 Å². The van der Waals surface area contributed by atoms with E-state index in [1.807, 2.05) is 20.8 Å². The SMILES string of the molecule is COC(=O)[C@H](C)Sc1nc(C(C)(C)C)cc(=O)n1C. The molecule has 1 aromatic rings. The highest BCUT2D eigenvalue weighted by molar-refractivity contribution is 8.00. The summed E-state index contributed by atoms with van der Waals surface area (Å²) in [5.74, 6) is -0.333. The number of hydrogen-bond acceptors (Lipinski definition) is 5. The summed E-state index contributed by atoms with van der Waals surface area (Å²) in [6, 6.07) is 1.53. The van der Waals surface area contributed by atoms with Gasteiger partial charge in [-0.1, -0.05) is 32.5 Å². The van der Waals surface area contributed by atoms with Gasteiger partial charge < -0.3 is 4.74 Å². The Kier molecular flexibility index (Phi) is 4.79. The van der Waals surface area contributed by atoms with Gasteiger partial charge in [0.15, 0.2) is 5.16 Å². The van der Waals surface area contributed by atoms with Crippen molar-refractivity contribution >= 4 is 17.7 Å². The summed E-state index contributed by atoms with van der Waals surface area (Å²) >= 11 is 1.22. The van der Waals surface area contributed by atoms with E-state index in [-0.39, 0.29) is 16.9 Å². The van der Waals surface area contributed by atoms with Crippen LogP contribution in [0.5, 0.6) is 0 Å². The van der Waals surface area contributed by atoms with Gasteiger partial charge in [0.25, 0.3) is 5.56 Å². The van der Waals surface area contributed by atoms with Gasteiger partial charge in [-0.05, 0) is 6.92 Å². The number of ether oxygens (including phenoxy) is 1. The van der Waals surface area contributed by atoms with Crippen LogP contribution < -0.4 is 5.56 Å². The zero-order chi connectivity index (χ0) is 14.8. The predicted octanol–water partition coefficient (Wildman–Crippen LogP) is 1.73. The lowest BCUT2D eigenvalue weighted by molar-refractivity contribution is -0.139. The second-order valence-electron chi connectivity index (χ2n) is 5.35. The second kappa shape index (κ2) is 5.77. The van der Waals surface area contributed by atoms with Crippen LogP contribution in [0.2, 0.25) is 0 Å². The molecule has 0 aliphatic rings. The van der Waals surface area contributed by atoms with E-state index in [2.05, 4.69) is 9.72 Å². The first kappa shape index (κ1) is 15.8. The molecule has 0 aliphatic carbocycles. The molecule has 0 N–H and O–H groups in total. The molecule has 0 bridgehead atoms. The van der Waals surface area contributed by atoms with Crippen molar-refractivity contribution in [1.82, 2.24) is 9.55 Å². The lowest BCUT2D eigenvalue weighted by atomic mass is 9.92. The first-order valence-electron chi connectivity index (χ1n) is 6.00. The Morgan fingerprint density at radius 2 is 2.05 bits per heavy atom. The molecule has 0 fully saturated rings. The van der Waals surface area contributed by atoms with Crippen LogP contribution >= 0.6 is 11.8 Å². The maximum Gasteiger partial charge on any atom is 0.318 e. The first-order chi connectivity index (χ1) is 8.66. The second-order valence-corrected chi connectivity index (χ2v) is 6.66. The fraction of sp³-hybridized carbons (Fsp3) is 0.615. The number of rotatable bonds is 3. The van der Waals surface area contributed by atoms with Crippen LogP contribution in [0.1, 0.15) is 33.4 Å². The Balaban J connectivity index is 3.17. The van der Waals surface area contributed by atoms with E-state index in [0.717, 1.165) is 5.69 Å². The monoisotopic (exact) mass is 284 g/mol. The maximum atomic E-state index is 11.9. The van der Waals surface area contributed by atoms with E-state index in [4.69, 9.17) is 0 Å². The Bertz CT molecular complexity index is 532. The van der Waals surface area contributed by atoms with E-state index in [1.165, 1.54) is 29.5 Å². The summed E-state index contributed by atoms with van der Waals surface area (Å²) in [4.78, 5) is 27.8. The van der Waals surface area contributed by atoms with Crippen molar-refractivity contribution in [2.45, 2.75) is 43.5 Å². The Hall–Kier alpha value is -1.30. The molecule has 0 saturated carbocycles. The molecule has 19 heavy (non-hydrogen) atoms. The third-order valence-corrected chi connectivity index (χ3v) is 3.80. The molecule has 0 saturated heterocycles. The van der Waals surface area contributed by atoms with Crippen molar-refractivity contribution in [3.8, 4) is 0 Å². The quantitative estimate of drug-likeness (QED) is 0.480. The van der Waals surface area contributed by atoms with Crippen LogP contribution in [0.15, 0.2) is 16.0 Å². The molecule has 1 rings (SSSR count). The van der Waals surface area contributed by atoms with Crippen molar-refractivity contribution in [2.75, 3.05) is 7.11 Å². The van der Waals surface area contributed by atoms with Gasteiger partial charge in [-0.3, -0.25) is 14.2 Å². The molecular weight excluding hydrogens is 264 g/mol. The molecule has 0 aliphatic heterocycles. The number of carbonyl (C=O) groups is 1. The van der Waals surface area contributed by atoms with Gasteiger partial charge in [0.1, 0.15) is 5.25 Å². The first-order valence-corrected chi connectivity index (χ1v) is 6.88. The van der Waals surface area contributed by atoms with E-state index < -0.39 is 5.25 Å². The summed E-state index contributed by atoms with van der Waals surface area (Å²) in [7, 11) is 2.99. The average Bonchev–Trinajstić information content (AvgIpc) is 2.32. The third-order valence-electron chi connectivity index (χ3n) is 2.68. The standard InChI is InChI=1S/C13H20N2O3S/c1-8(11(17)18-6)19-12-14-9(13(2,3)4)7-10(16)15(12)5/h7-8H,1-6H3/t8-/m0/s1. The summed E-state index contributed by atoms with van der Waals surface area (Å²) in [6.45, 7) is 7.71. The fourth-order valence-corrected chi connectivity index (χ4v) is 2.29. The highest BCUT2D eigenvalue weighted by atomic mass is 32.2. The molecular formula is C13H20N2O3S. The number of methoxy groups -OCH3 is 1. The molecule has 0 radical (unpaired) electrons. The molecule has 1 heterocycles. The predicted molar refractivity (Wildman–Crippen MR) is 75.5 cm³/mol. The topological polar surface area (TPSA) is 61.2 Å². The normalized spacial score (nSPS) is 13.2. The van der Waals surface area contributed by atoms with Gasteiger partial charge in [0, 0.05) is 18.5 Å². The van der Waals surface area contributed by atoms with Crippen LogP contribution in [0.3, 0.4) is 0 Å². The molecule has 0 aromatic carbocycles. The molecule has 0 spiro atoms. The minimum Gasteiger partial charge on any atom is -0.468 e. The van der Waals surface area contributed by atoms with Gasteiger partial charge >= 0.3 is 5.97 Å². The minimum absolute atomic E-state index is 0.125. The van der Waals surface area contributed by atoms with E-state index in [1.54, 1.807) is 14.0 Å². The number of hydrogen-bond donors (Lipinski definition) is 0. The summed E-state index contributed by atoms with van der Waals surface area (Å²) < 4.78 is 6.12. The molecule has 5 nitrogen and oxygen atoms in total. The van der Waals surface area contributed by atoms with Crippen molar-refractivity contribution in [3.05, 3.63) is 22.1 Å². The lowest BCUT2D eigenvalue weighted by Gasteiger charge is -2.19. The number of carbonyl (C=O) groups excluding carboxylic acids is 1. The molecule has 1 aromatic heterocycles. The minimum atomic E-state index is -0.404. The Morgan fingerprint density at radius 3 is 2.53 bits per heavy atom. The van der Waals surface area contributed by atoms with Crippen LogP contribution in [0.4, 0.5) is 0 Å². The lowest BCUT2D eigenvalue weighted by Crippen LogP contribution is -2.26. The Labute approximate surface area is 117 Å². The molecule has 6 heteroatoms. The Morgan fingerprint density at radius 1 is 1.47 bits per heavy atom. The summed E-state index contributed by atoms with van der Waals surface area (Å²) in [5, 5.41) is 0.119. The average molecular weight is 284 g/mol. The van der Waals surface area contributed by atoms with Crippen molar-refractivity contribution in [3.63, 3.8) is 0 Å². The molecule has 1 atom stereocenters.